The molecular weight excluding hydrogens is 636 g/mol. The number of aryl methyl sites for hydroxylation is 1. The molecule has 19 heteroatoms. The molecule has 1 fully saturated rings. The van der Waals surface area contributed by atoms with Crippen LogP contribution in [0.15, 0.2) is 53.4 Å². The van der Waals surface area contributed by atoms with Gasteiger partial charge in [0.25, 0.3) is 28.4 Å². The smallest absolute Gasteiger partial charge is 0.328 e. The number of urea groups is 1. The number of aliphatic hydroxyl groups is 1. The van der Waals surface area contributed by atoms with Crippen LogP contribution in [0, 0.1) is 6.92 Å². The first kappa shape index (κ1) is 40.4. The SMILES string of the molecule is CC(C)N1C(=O)NC(=O)C(=O)C1O.CC(C)n1cc(O)c(=O)[nH]c1=O.CC(C)n1ccc(=O)[nH]c1=O.Cc1cn(C(C)C)c(=O)[nH]c1=O. The molecule has 48 heavy (non-hydrogen) atoms. The van der Waals surface area contributed by atoms with Crippen molar-refractivity contribution in [3.05, 3.63) is 92.7 Å². The number of hydrogen-bond acceptors (Lipinski definition) is 11. The van der Waals surface area contributed by atoms with Gasteiger partial charge in [0.1, 0.15) is 0 Å². The molecule has 4 heterocycles. The largest absolute Gasteiger partial charge is 0.502 e. The van der Waals surface area contributed by atoms with E-state index in [0.29, 0.717) is 5.56 Å². The van der Waals surface area contributed by atoms with Gasteiger partial charge in [0.05, 0.1) is 6.20 Å². The Labute approximate surface area is 272 Å². The molecule has 0 aliphatic carbocycles. The van der Waals surface area contributed by atoms with Crippen molar-refractivity contribution < 1.29 is 24.6 Å². The highest BCUT2D eigenvalue weighted by atomic mass is 16.3. The van der Waals surface area contributed by atoms with Crippen LogP contribution in [-0.4, -0.2) is 73.8 Å². The Hall–Kier alpha value is -5.59. The minimum absolute atomic E-state index is 0.0769. The number of H-pyrrole nitrogens is 3. The topological polar surface area (TPSA) is 272 Å². The van der Waals surface area contributed by atoms with Crippen molar-refractivity contribution >= 4 is 17.7 Å². The lowest BCUT2D eigenvalue weighted by Gasteiger charge is -2.33. The van der Waals surface area contributed by atoms with Crippen LogP contribution in [0.25, 0.3) is 0 Å². The summed E-state index contributed by atoms with van der Waals surface area (Å²) in [6.45, 7) is 16.0. The van der Waals surface area contributed by atoms with Crippen LogP contribution >= 0.6 is 0 Å². The minimum atomic E-state index is -1.65. The Morgan fingerprint density at radius 2 is 1.10 bits per heavy atom. The quantitative estimate of drug-likeness (QED) is 0.186. The monoisotopic (exact) mass is 678 g/mol. The minimum Gasteiger partial charge on any atom is -0.502 e. The Morgan fingerprint density at radius 1 is 0.646 bits per heavy atom. The third kappa shape index (κ3) is 11.0. The van der Waals surface area contributed by atoms with E-state index in [4.69, 9.17) is 5.11 Å². The number of aromatic hydroxyl groups is 1. The van der Waals surface area contributed by atoms with Crippen molar-refractivity contribution in [1.82, 2.24) is 38.9 Å². The van der Waals surface area contributed by atoms with Gasteiger partial charge in [-0.1, -0.05) is 0 Å². The van der Waals surface area contributed by atoms with Crippen LogP contribution in [0.1, 0.15) is 79.1 Å². The fourth-order valence-corrected chi connectivity index (χ4v) is 3.76. The van der Waals surface area contributed by atoms with Crippen molar-refractivity contribution in [1.29, 1.82) is 0 Å². The van der Waals surface area contributed by atoms with Gasteiger partial charge in [0.15, 0.2) is 5.75 Å². The Balaban J connectivity index is 0.000000320. The molecule has 3 amide bonds. The fourth-order valence-electron chi connectivity index (χ4n) is 3.76. The van der Waals surface area contributed by atoms with E-state index >= 15 is 0 Å². The summed E-state index contributed by atoms with van der Waals surface area (Å²) in [5.74, 6) is -2.51. The molecule has 1 unspecified atom stereocenters. The summed E-state index contributed by atoms with van der Waals surface area (Å²) in [7, 11) is 0. The van der Waals surface area contributed by atoms with E-state index in [0.717, 1.165) is 11.1 Å². The van der Waals surface area contributed by atoms with E-state index in [-0.39, 0.29) is 46.7 Å². The number of aromatic nitrogens is 6. The number of nitrogens with zero attached hydrogens (tertiary/aromatic N) is 4. The van der Waals surface area contributed by atoms with Gasteiger partial charge in [-0.05, 0) is 62.3 Å². The molecule has 0 radical (unpaired) electrons. The number of hydrogen-bond donors (Lipinski definition) is 6. The van der Waals surface area contributed by atoms with E-state index in [9.17, 15) is 48.3 Å². The highest BCUT2D eigenvalue weighted by molar-refractivity contribution is 6.42. The lowest BCUT2D eigenvalue weighted by atomic mass is 10.2. The summed E-state index contributed by atoms with van der Waals surface area (Å²) in [5.41, 5.74) is -2.06. The van der Waals surface area contributed by atoms with Crippen LogP contribution in [0.3, 0.4) is 0 Å². The number of aromatic amines is 3. The molecule has 6 N–H and O–H groups in total. The van der Waals surface area contributed by atoms with Gasteiger partial charge in [-0.2, -0.15) is 0 Å². The summed E-state index contributed by atoms with van der Waals surface area (Å²) in [4.78, 5) is 105. The van der Waals surface area contributed by atoms with Crippen molar-refractivity contribution in [2.24, 2.45) is 0 Å². The van der Waals surface area contributed by atoms with E-state index in [1.807, 2.05) is 38.0 Å². The molecule has 1 saturated heterocycles. The number of Topliss-reactive ketones (excluding diaryl/α,β-unsaturated/α-hetero) is 1. The highest BCUT2D eigenvalue weighted by Crippen LogP contribution is 2.09. The summed E-state index contributed by atoms with van der Waals surface area (Å²) in [6, 6.07) is 0.327. The van der Waals surface area contributed by atoms with Crippen LogP contribution < -0.4 is 39.1 Å². The highest BCUT2D eigenvalue weighted by Gasteiger charge is 2.40. The maximum atomic E-state index is 11.1. The third-order valence-electron chi connectivity index (χ3n) is 6.35. The lowest BCUT2D eigenvalue weighted by Crippen LogP contribution is -2.62. The molecular formula is C29H42N8O11. The Kier molecular flexibility index (Phi) is 14.6. The zero-order valence-corrected chi connectivity index (χ0v) is 28.1. The molecule has 4 rings (SSSR count). The molecule has 1 atom stereocenters. The van der Waals surface area contributed by atoms with Gasteiger partial charge in [0.2, 0.25) is 6.23 Å². The summed E-state index contributed by atoms with van der Waals surface area (Å²) < 4.78 is 4.20. The van der Waals surface area contributed by atoms with Gasteiger partial charge >= 0.3 is 23.1 Å². The van der Waals surface area contributed by atoms with Crippen LogP contribution in [0.4, 0.5) is 4.79 Å². The number of amides is 3. The first-order valence-electron chi connectivity index (χ1n) is 14.6. The number of imide groups is 1. The maximum absolute atomic E-state index is 11.1. The Bertz CT molecular complexity index is 1880. The molecule has 0 saturated carbocycles. The molecule has 3 aromatic rings. The van der Waals surface area contributed by atoms with E-state index in [1.165, 1.54) is 26.0 Å². The summed E-state index contributed by atoms with van der Waals surface area (Å²) >= 11 is 0. The van der Waals surface area contributed by atoms with E-state index < -0.39 is 40.9 Å². The average Bonchev–Trinajstić information content (AvgIpc) is 2.96. The van der Waals surface area contributed by atoms with Gasteiger partial charge in [0, 0.05) is 48.2 Å². The van der Waals surface area contributed by atoms with Gasteiger partial charge in [-0.15, -0.1) is 0 Å². The number of carbonyl (C=O) groups is 3. The van der Waals surface area contributed by atoms with Crippen LogP contribution in [0.2, 0.25) is 0 Å². The van der Waals surface area contributed by atoms with Crippen molar-refractivity contribution in [2.75, 3.05) is 0 Å². The number of carbonyl (C=O) groups excluding carboxylic acids is 3. The van der Waals surface area contributed by atoms with Crippen LogP contribution in [-0.2, 0) is 9.59 Å². The lowest BCUT2D eigenvalue weighted by molar-refractivity contribution is -0.151. The second kappa shape index (κ2) is 17.4. The molecule has 264 valence electrons. The standard InChI is InChI=1S/C8H12N2O2.C7H10N2O4.C7H10N2O3.C7H10N2O2/c1-5(2)10-4-6(3)7(11)9-8(10)12;1-3(2)9-6(12)4(10)5(11)8-7(9)13;1-4(2)9-3-5(10)6(11)8-7(9)12;1-5(2)9-4-3-6(10)8-7(9)11/h4-5H,1-3H3,(H,9,11,12);3,6,12H,1-2H3,(H,8,11,13);3-4,10H,1-2H3,(H,8,11,12);3-5H,1-2H3,(H,8,10,11). The number of ketones is 1. The molecule has 0 spiro atoms. The first-order chi connectivity index (χ1) is 22.1. The second-order valence-electron chi connectivity index (χ2n) is 11.5. The average molecular weight is 679 g/mol. The molecule has 0 bridgehead atoms. The first-order valence-corrected chi connectivity index (χ1v) is 14.6. The van der Waals surface area contributed by atoms with E-state index in [1.54, 1.807) is 40.8 Å². The predicted molar refractivity (Wildman–Crippen MR) is 173 cm³/mol. The molecule has 19 nitrogen and oxygen atoms in total. The van der Waals surface area contributed by atoms with Crippen molar-refractivity contribution in [3.8, 4) is 5.75 Å². The fraction of sp³-hybridized carbons (Fsp3) is 0.483. The zero-order chi connectivity index (χ0) is 37.2. The van der Waals surface area contributed by atoms with Gasteiger partial charge in [-0.25, -0.2) is 19.2 Å². The summed E-state index contributed by atoms with van der Waals surface area (Å²) in [5, 5.41) is 20.0. The number of aliphatic hydroxyl groups excluding tert-OH is 1. The molecule has 0 aromatic carbocycles. The number of nitrogens with one attached hydrogen (secondary N) is 4. The third-order valence-corrected chi connectivity index (χ3v) is 6.35. The van der Waals surface area contributed by atoms with Gasteiger partial charge in [-0.3, -0.25) is 62.8 Å². The maximum Gasteiger partial charge on any atom is 0.328 e. The number of rotatable bonds is 4. The predicted octanol–water partition coefficient (Wildman–Crippen LogP) is -0.799. The zero-order valence-electron chi connectivity index (χ0n) is 28.1. The van der Waals surface area contributed by atoms with Crippen LogP contribution in [0.5, 0.6) is 5.75 Å². The second-order valence-corrected chi connectivity index (χ2v) is 11.5. The normalized spacial score (nSPS) is 14.2. The van der Waals surface area contributed by atoms with Gasteiger partial charge < -0.3 is 10.2 Å². The molecule has 1 aliphatic heterocycles. The molecule has 3 aromatic heterocycles. The van der Waals surface area contributed by atoms with E-state index in [2.05, 4.69) is 9.97 Å². The van der Waals surface area contributed by atoms with Crippen molar-refractivity contribution in [3.63, 3.8) is 0 Å². The summed E-state index contributed by atoms with van der Waals surface area (Å²) in [6.07, 6.45) is 2.55. The van der Waals surface area contributed by atoms with Crippen molar-refractivity contribution in [2.45, 2.75) is 92.7 Å². The molecule has 1 aliphatic rings. The Morgan fingerprint density at radius 3 is 1.56 bits per heavy atom.